The minimum Gasteiger partial charge on any atom is -0.506 e. The molecule has 0 radical (unpaired) electrons. The van der Waals surface area contributed by atoms with Gasteiger partial charge < -0.3 is 14.9 Å². The lowest BCUT2D eigenvalue weighted by Gasteiger charge is -2.47. The maximum absolute atomic E-state index is 12.3. The minimum absolute atomic E-state index is 0.0408. The van der Waals surface area contributed by atoms with Gasteiger partial charge in [-0.15, -0.1) is 0 Å². The lowest BCUT2D eigenvalue weighted by Crippen LogP contribution is -2.64. The van der Waals surface area contributed by atoms with Crippen molar-refractivity contribution in [1.29, 1.82) is 0 Å². The van der Waals surface area contributed by atoms with Gasteiger partial charge in [0.25, 0.3) is 0 Å². The molecule has 3 N–H and O–H groups in total. The average Bonchev–Trinajstić information content (AvgIpc) is 2.62. The van der Waals surface area contributed by atoms with E-state index in [0.717, 1.165) is 13.1 Å². The number of carbonyl (C=O) groups excluding carboxylic acids is 2. The molecule has 3 amide bonds. The van der Waals surface area contributed by atoms with Crippen LogP contribution in [0.1, 0.15) is 0 Å². The van der Waals surface area contributed by atoms with Crippen LogP contribution in [0.25, 0.3) is 0 Å². The molecule has 8 nitrogen and oxygen atoms in total. The second-order valence-corrected chi connectivity index (χ2v) is 7.28. The third-order valence-electron chi connectivity index (χ3n) is 4.81. The molecule has 2 aliphatic heterocycles. The second kappa shape index (κ2) is 8.24. The van der Waals surface area contributed by atoms with E-state index in [1.165, 1.54) is 18.2 Å². The van der Waals surface area contributed by atoms with E-state index in [4.69, 9.17) is 23.2 Å². The molecule has 0 saturated carbocycles. The third-order valence-corrected chi connectivity index (χ3v) is 5.53. The van der Waals surface area contributed by atoms with Crippen molar-refractivity contribution in [1.82, 2.24) is 20.1 Å². The summed E-state index contributed by atoms with van der Waals surface area (Å²) in [5, 5.41) is 10.3. The number of urea groups is 1. The van der Waals surface area contributed by atoms with Gasteiger partial charge >= 0.3 is 6.03 Å². The first-order chi connectivity index (χ1) is 12.9. The number of amides is 3. The molecule has 2 heterocycles. The van der Waals surface area contributed by atoms with Crippen molar-refractivity contribution in [3.05, 3.63) is 34.8 Å². The highest BCUT2D eigenvalue weighted by atomic mass is 35.5. The predicted molar refractivity (Wildman–Crippen MR) is 104 cm³/mol. The lowest BCUT2D eigenvalue weighted by molar-refractivity contribution is -0.133. The maximum atomic E-state index is 12.3. The van der Waals surface area contributed by atoms with Crippen LogP contribution in [-0.4, -0.2) is 77.1 Å². The summed E-state index contributed by atoms with van der Waals surface area (Å²) in [6, 6.07) is 2.78. The maximum Gasteiger partial charge on any atom is 0.336 e. The monoisotopic (exact) mass is 413 g/mol. The number of rotatable bonds is 4. The average molecular weight is 414 g/mol. The van der Waals surface area contributed by atoms with Crippen molar-refractivity contribution in [3.63, 3.8) is 0 Å². The summed E-state index contributed by atoms with van der Waals surface area (Å²) in [6.45, 7) is 7.54. The fourth-order valence-electron chi connectivity index (χ4n) is 3.12. The van der Waals surface area contributed by atoms with Gasteiger partial charge in [0.1, 0.15) is 5.75 Å². The molecular formula is C17H21Cl2N5O3. The molecule has 2 saturated heterocycles. The fourth-order valence-corrected chi connectivity index (χ4v) is 3.44. The van der Waals surface area contributed by atoms with Crippen LogP contribution in [0.2, 0.25) is 10.0 Å². The number of anilines is 1. The lowest BCUT2D eigenvalue weighted by atomic mass is 10.1. The van der Waals surface area contributed by atoms with E-state index in [1.54, 1.807) is 9.80 Å². The van der Waals surface area contributed by atoms with E-state index >= 15 is 0 Å². The van der Waals surface area contributed by atoms with Crippen LogP contribution in [0.4, 0.5) is 10.5 Å². The molecule has 0 unspecified atom stereocenters. The topological polar surface area (TPSA) is 88.2 Å². The number of piperazine rings is 1. The molecule has 0 bridgehead atoms. The standard InChI is InChI=1S/C17H21Cl2N5O3/c1-2-16(26)24-9-11(10-24)22-3-5-23(6-4-22)17(27)21-20-14-7-12(18)13(19)8-15(14)25/h2,7-8,11,20,25H,1,3-6,9-10H2,(H,21,27). The zero-order valence-electron chi connectivity index (χ0n) is 14.6. The Kier molecular flexibility index (Phi) is 5.98. The van der Waals surface area contributed by atoms with Gasteiger partial charge in [-0.1, -0.05) is 29.8 Å². The Morgan fingerprint density at radius 2 is 1.74 bits per heavy atom. The zero-order valence-corrected chi connectivity index (χ0v) is 16.1. The first-order valence-corrected chi connectivity index (χ1v) is 9.29. The summed E-state index contributed by atoms with van der Waals surface area (Å²) < 4.78 is 0. The SMILES string of the molecule is C=CC(=O)N1CC(N2CCN(C(=O)NNc3cc(Cl)c(Cl)cc3O)CC2)C1. The summed E-state index contributed by atoms with van der Waals surface area (Å²) >= 11 is 11.7. The van der Waals surface area contributed by atoms with Crippen LogP contribution in [-0.2, 0) is 4.79 Å². The third kappa shape index (κ3) is 4.40. The number of halogens is 2. The van der Waals surface area contributed by atoms with Crippen molar-refractivity contribution in [2.45, 2.75) is 6.04 Å². The molecule has 2 aliphatic rings. The quantitative estimate of drug-likeness (QED) is 0.397. The predicted octanol–water partition coefficient (Wildman–Crippen LogP) is 1.75. The minimum atomic E-state index is -0.294. The van der Waals surface area contributed by atoms with Crippen molar-refractivity contribution < 1.29 is 14.7 Å². The number of benzene rings is 1. The highest BCUT2D eigenvalue weighted by Crippen LogP contribution is 2.32. The van der Waals surface area contributed by atoms with E-state index in [1.807, 2.05) is 0 Å². The Labute approximate surface area is 167 Å². The van der Waals surface area contributed by atoms with Crippen molar-refractivity contribution in [2.75, 3.05) is 44.7 Å². The summed E-state index contributed by atoms with van der Waals surface area (Å²) in [4.78, 5) is 29.5. The molecule has 0 aromatic heterocycles. The number of hydrogen-bond donors (Lipinski definition) is 3. The number of hydrogen-bond acceptors (Lipinski definition) is 5. The summed E-state index contributed by atoms with van der Waals surface area (Å²) in [7, 11) is 0. The summed E-state index contributed by atoms with van der Waals surface area (Å²) in [6.07, 6.45) is 1.33. The molecule has 0 atom stereocenters. The molecule has 27 heavy (non-hydrogen) atoms. The van der Waals surface area contributed by atoms with E-state index in [0.29, 0.717) is 32.2 Å². The fraction of sp³-hybridized carbons (Fsp3) is 0.412. The van der Waals surface area contributed by atoms with Crippen LogP contribution >= 0.6 is 23.2 Å². The van der Waals surface area contributed by atoms with E-state index in [9.17, 15) is 14.7 Å². The van der Waals surface area contributed by atoms with Crippen molar-refractivity contribution in [3.8, 4) is 5.75 Å². The number of likely N-dealkylation sites (tertiary alicyclic amines) is 1. The Morgan fingerprint density at radius 1 is 1.11 bits per heavy atom. The smallest absolute Gasteiger partial charge is 0.336 e. The molecule has 10 heteroatoms. The normalized spacial score (nSPS) is 18.0. The number of carbonyl (C=O) groups is 2. The number of hydrazine groups is 1. The molecule has 1 aromatic rings. The first kappa shape index (κ1) is 19.6. The van der Waals surface area contributed by atoms with Gasteiger partial charge in [0.15, 0.2) is 0 Å². The van der Waals surface area contributed by atoms with E-state index in [-0.39, 0.29) is 33.4 Å². The summed E-state index contributed by atoms with van der Waals surface area (Å²) in [5.74, 6) is -0.154. The van der Waals surface area contributed by atoms with Crippen molar-refractivity contribution >= 4 is 40.8 Å². The highest BCUT2D eigenvalue weighted by molar-refractivity contribution is 6.42. The Bertz CT molecular complexity index is 746. The molecule has 1 aromatic carbocycles. The first-order valence-electron chi connectivity index (χ1n) is 8.53. The van der Waals surface area contributed by atoms with Crippen LogP contribution in [0.3, 0.4) is 0 Å². The Balaban J connectivity index is 1.43. The largest absolute Gasteiger partial charge is 0.506 e. The zero-order chi connectivity index (χ0) is 19.6. The van der Waals surface area contributed by atoms with Crippen molar-refractivity contribution in [2.24, 2.45) is 0 Å². The van der Waals surface area contributed by atoms with Gasteiger partial charge in [-0.2, -0.15) is 0 Å². The molecule has 3 rings (SSSR count). The number of phenolic OH excluding ortho intramolecular Hbond substituents is 1. The van der Waals surface area contributed by atoms with E-state index in [2.05, 4.69) is 22.3 Å². The van der Waals surface area contributed by atoms with Gasteiger partial charge in [-0.3, -0.25) is 20.5 Å². The molecule has 0 spiro atoms. The Morgan fingerprint density at radius 3 is 2.37 bits per heavy atom. The summed E-state index contributed by atoms with van der Waals surface area (Å²) in [5.41, 5.74) is 5.47. The second-order valence-electron chi connectivity index (χ2n) is 6.46. The number of nitrogens with zero attached hydrogens (tertiary/aromatic N) is 3. The van der Waals surface area contributed by atoms with Crippen LogP contribution in [0, 0.1) is 0 Å². The van der Waals surface area contributed by atoms with Gasteiger partial charge in [0, 0.05) is 51.4 Å². The molecular weight excluding hydrogens is 393 g/mol. The molecule has 2 fully saturated rings. The van der Waals surface area contributed by atoms with E-state index < -0.39 is 0 Å². The highest BCUT2D eigenvalue weighted by Gasteiger charge is 2.35. The van der Waals surface area contributed by atoms with Gasteiger partial charge in [-0.25, -0.2) is 4.79 Å². The number of phenols is 1. The van der Waals surface area contributed by atoms with Crippen LogP contribution in [0.15, 0.2) is 24.8 Å². The van der Waals surface area contributed by atoms with Crippen LogP contribution < -0.4 is 10.9 Å². The van der Waals surface area contributed by atoms with Gasteiger partial charge in [0.05, 0.1) is 15.7 Å². The van der Waals surface area contributed by atoms with Crippen LogP contribution in [0.5, 0.6) is 5.75 Å². The number of nitrogens with one attached hydrogen (secondary N) is 2. The molecule has 0 aliphatic carbocycles. The van der Waals surface area contributed by atoms with Gasteiger partial charge in [-0.05, 0) is 12.1 Å². The molecule has 146 valence electrons. The Hall–Kier alpha value is -2.16. The van der Waals surface area contributed by atoms with Gasteiger partial charge in [0.2, 0.25) is 5.91 Å². The number of aromatic hydroxyl groups is 1.